The number of allylic oxidation sites excluding steroid dienone is 1. The Labute approximate surface area is 159 Å². The molecule has 3 heterocycles. The molecule has 1 N–H and O–H groups in total. The quantitative estimate of drug-likeness (QED) is 0.509. The summed E-state index contributed by atoms with van der Waals surface area (Å²) >= 11 is 2.97. The number of aromatic amines is 1. The van der Waals surface area contributed by atoms with Crippen molar-refractivity contribution in [2.75, 3.05) is 0 Å². The average Bonchev–Trinajstić information content (AvgIpc) is 3.28. The number of fused-ring (bicyclic) bond motifs is 1. The Balaban J connectivity index is 1.56. The van der Waals surface area contributed by atoms with Crippen molar-refractivity contribution in [2.24, 2.45) is 0 Å². The first-order chi connectivity index (χ1) is 12.8. The van der Waals surface area contributed by atoms with E-state index in [0.717, 1.165) is 16.5 Å². The minimum atomic E-state index is -0.0731. The van der Waals surface area contributed by atoms with E-state index in [4.69, 9.17) is 0 Å². The first-order valence-electron chi connectivity index (χ1n) is 8.89. The lowest BCUT2D eigenvalue weighted by atomic mass is 9.89. The van der Waals surface area contributed by atoms with Gasteiger partial charge in [0.05, 0.1) is 11.3 Å². The second kappa shape index (κ2) is 7.75. The molecule has 4 rings (SSSR count). The van der Waals surface area contributed by atoms with Crippen LogP contribution in [0.4, 0.5) is 0 Å². The molecule has 1 aliphatic carbocycles. The molecule has 0 aliphatic heterocycles. The van der Waals surface area contributed by atoms with E-state index in [1.807, 2.05) is 17.5 Å². The van der Waals surface area contributed by atoms with Gasteiger partial charge in [-0.15, -0.1) is 28.1 Å². The standard InChI is InChI=1S/C18H21N5OS2/c1-2-9-23-16(12-6-4-3-5-7-12)21-22-18(23)26-11-14-19-13-8-10-25-15(13)17(24)20-14/h2,8,10,12H,1,3-7,9,11H2,(H,19,20,24). The fraction of sp³-hybridized carbons (Fsp3) is 0.444. The van der Waals surface area contributed by atoms with Gasteiger partial charge in [0.25, 0.3) is 5.56 Å². The molecule has 136 valence electrons. The predicted molar refractivity (Wildman–Crippen MR) is 106 cm³/mol. The highest BCUT2D eigenvalue weighted by molar-refractivity contribution is 7.98. The third-order valence-corrected chi connectivity index (χ3v) is 6.61. The maximum absolute atomic E-state index is 12.1. The van der Waals surface area contributed by atoms with Crippen molar-refractivity contribution >= 4 is 33.3 Å². The summed E-state index contributed by atoms with van der Waals surface area (Å²) in [6.45, 7) is 4.58. The summed E-state index contributed by atoms with van der Waals surface area (Å²) in [6, 6.07) is 1.88. The molecule has 3 aromatic rings. The summed E-state index contributed by atoms with van der Waals surface area (Å²) in [4.78, 5) is 19.5. The molecular formula is C18H21N5OS2. The third-order valence-electron chi connectivity index (χ3n) is 4.73. The molecule has 0 radical (unpaired) electrons. The van der Waals surface area contributed by atoms with Gasteiger partial charge in [-0.3, -0.25) is 4.79 Å². The van der Waals surface area contributed by atoms with E-state index in [-0.39, 0.29) is 5.56 Å². The van der Waals surface area contributed by atoms with E-state index in [1.165, 1.54) is 43.4 Å². The topological polar surface area (TPSA) is 76.5 Å². The van der Waals surface area contributed by atoms with Crippen LogP contribution in [0.3, 0.4) is 0 Å². The Bertz CT molecular complexity index is 968. The van der Waals surface area contributed by atoms with Crippen LogP contribution in [0, 0.1) is 0 Å². The van der Waals surface area contributed by atoms with E-state index in [2.05, 4.69) is 31.3 Å². The molecule has 0 saturated heterocycles. The number of hydrogen-bond donors (Lipinski definition) is 1. The number of nitrogens with zero attached hydrogens (tertiary/aromatic N) is 4. The van der Waals surface area contributed by atoms with Gasteiger partial charge in [-0.2, -0.15) is 0 Å². The molecule has 0 spiro atoms. The molecule has 0 amide bonds. The van der Waals surface area contributed by atoms with Crippen molar-refractivity contribution in [3.05, 3.63) is 46.1 Å². The zero-order chi connectivity index (χ0) is 17.9. The largest absolute Gasteiger partial charge is 0.309 e. The highest BCUT2D eigenvalue weighted by atomic mass is 32.2. The third kappa shape index (κ3) is 3.48. The number of thioether (sulfide) groups is 1. The molecule has 0 bridgehead atoms. The Morgan fingerprint density at radius 1 is 1.35 bits per heavy atom. The number of thiophene rings is 1. The molecule has 0 aromatic carbocycles. The normalized spacial score (nSPS) is 15.5. The summed E-state index contributed by atoms with van der Waals surface area (Å²) < 4.78 is 2.84. The van der Waals surface area contributed by atoms with E-state index >= 15 is 0 Å². The van der Waals surface area contributed by atoms with Crippen LogP contribution < -0.4 is 5.56 Å². The van der Waals surface area contributed by atoms with Gasteiger partial charge in [-0.05, 0) is 24.3 Å². The van der Waals surface area contributed by atoms with Crippen LogP contribution in [0.2, 0.25) is 0 Å². The molecule has 0 atom stereocenters. The van der Waals surface area contributed by atoms with E-state index in [9.17, 15) is 4.79 Å². The SMILES string of the molecule is C=CCn1c(SCc2nc3ccsc3c(=O)[nH]2)nnc1C1CCCCC1. The average molecular weight is 388 g/mol. The number of H-pyrrole nitrogens is 1. The zero-order valence-corrected chi connectivity index (χ0v) is 16.1. The van der Waals surface area contributed by atoms with Gasteiger partial charge < -0.3 is 9.55 Å². The maximum Gasteiger partial charge on any atom is 0.268 e. The number of rotatable bonds is 6. The summed E-state index contributed by atoms with van der Waals surface area (Å²) in [5.41, 5.74) is 0.681. The molecule has 6 nitrogen and oxygen atoms in total. The molecule has 1 saturated carbocycles. The van der Waals surface area contributed by atoms with Gasteiger partial charge in [-0.25, -0.2) is 4.98 Å². The van der Waals surface area contributed by atoms with E-state index in [0.29, 0.717) is 28.7 Å². The highest BCUT2D eigenvalue weighted by Gasteiger charge is 2.23. The Morgan fingerprint density at radius 3 is 3.00 bits per heavy atom. The minimum absolute atomic E-state index is 0.0731. The van der Waals surface area contributed by atoms with Crippen LogP contribution in [0.5, 0.6) is 0 Å². The first kappa shape index (κ1) is 17.5. The monoisotopic (exact) mass is 387 g/mol. The molecule has 1 fully saturated rings. The van der Waals surface area contributed by atoms with E-state index < -0.39 is 0 Å². The summed E-state index contributed by atoms with van der Waals surface area (Å²) in [5, 5.41) is 11.6. The lowest BCUT2D eigenvalue weighted by Gasteiger charge is -2.21. The minimum Gasteiger partial charge on any atom is -0.309 e. The van der Waals surface area contributed by atoms with Crippen LogP contribution in [-0.2, 0) is 12.3 Å². The lowest BCUT2D eigenvalue weighted by molar-refractivity contribution is 0.415. The Hall–Kier alpha value is -1.93. The number of nitrogens with one attached hydrogen (secondary N) is 1. The Kier molecular flexibility index (Phi) is 5.21. The van der Waals surface area contributed by atoms with Crippen LogP contribution in [0.15, 0.2) is 34.1 Å². The Morgan fingerprint density at radius 2 is 2.19 bits per heavy atom. The molecule has 26 heavy (non-hydrogen) atoms. The van der Waals surface area contributed by atoms with Crippen molar-refractivity contribution in [1.29, 1.82) is 0 Å². The summed E-state index contributed by atoms with van der Waals surface area (Å²) in [6.07, 6.45) is 8.10. The predicted octanol–water partition coefficient (Wildman–Crippen LogP) is 4.10. The fourth-order valence-electron chi connectivity index (χ4n) is 3.49. The van der Waals surface area contributed by atoms with Crippen LogP contribution in [0.25, 0.3) is 10.2 Å². The highest BCUT2D eigenvalue weighted by Crippen LogP contribution is 2.33. The second-order valence-electron chi connectivity index (χ2n) is 6.51. The number of aromatic nitrogens is 5. The molecule has 3 aromatic heterocycles. The van der Waals surface area contributed by atoms with Crippen molar-refractivity contribution in [2.45, 2.75) is 55.5 Å². The van der Waals surface area contributed by atoms with Gasteiger partial charge in [0.1, 0.15) is 16.3 Å². The second-order valence-corrected chi connectivity index (χ2v) is 8.37. The van der Waals surface area contributed by atoms with Gasteiger partial charge in [0.15, 0.2) is 5.16 Å². The zero-order valence-electron chi connectivity index (χ0n) is 14.5. The van der Waals surface area contributed by atoms with Gasteiger partial charge >= 0.3 is 0 Å². The van der Waals surface area contributed by atoms with Crippen molar-refractivity contribution in [1.82, 2.24) is 24.7 Å². The molecule has 0 unspecified atom stereocenters. The van der Waals surface area contributed by atoms with Gasteiger partial charge in [-0.1, -0.05) is 37.1 Å². The lowest BCUT2D eigenvalue weighted by Crippen LogP contribution is -2.13. The summed E-state index contributed by atoms with van der Waals surface area (Å²) in [5.74, 6) is 2.78. The number of hydrogen-bond acceptors (Lipinski definition) is 6. The summed E-state index contributed by atoms with van der Waals surface area (Å²) in [7, 11) is 0. The van der Waals surface area contributed by atoms with Crippen molar-refractivity contribution < 1.29 is 0 Å². The van der Waals surface area contributed by atoms with Gasteiger partial charge in [0.2, 0.25) is 0 Å². The maximum atomic E-state index is 12.1. The van der Waals surface area contributed by atoms with Gasteiger partial charge in [0, 0.05) is 12.5 Å². The molecule has 8 heteroatoms. The molecule has 1 aliphatic rings. The molecular weight excluding hydrogens is 366 g/mol. The van der Waals surface area contributed by atoms with Crippen LogP contribution >= 0.6 is 23.1 Å². The van der Waals surface area contributed by atoms with Crippen LogP contribution in [0.1, 0.15) is 49.7 Å². The smallest absolute Gasteiger partial charge is 0.268 e. The van der Waals surface area contributed by atoms with Crippen molar-refractivity contribution in [3.63, 3.8) is 0 Å². The van der Waals surface area contributed by atoms with Crippen LogP contribution in [-0.4, -0.2) is 24.7 Å². The van der Waals surface area contributed by atoms with E-state index in [1.54, 1.807) is 11.8 Å². The van der Waals surface area contributed by atoms with Crippen molar-refractivity contribution in [3.8, 4) is 0 Å². The fourth-order valence-corrected chi connectivity index (χ4v) is 5.04. The first-order valence-corrected chi connectivity index (χ1v) is 10.8.